The first-order chi connectivity index (χ1) is 11.6. The maximum Gasteiger partial charge on any atom is 0.292 e. The zero-order chi connectivity index (χ0) is 18.7. The van der Waals surface area contributed by atoms with Crippen LogP contribution in [0, 0.1) is 0 Å². The van der Waals surface area contributed by atoms with Gasteiger partial charge in [0.1, 0.15) is 5.82 Å². The first kappa shape index (κ1) is 19.2. The smallest absolute Gasteiger partial charge is 0.292 e. The lowest BCUT2D eigenvalue weighted by Gasteiger charge is -2.18. The van der Waals surface area contributed by atoms with Crippen molar-refractivity contribution in [3.8, 4) is 0 Å². The van der Waals surface area contributed by atoms with Gasteiger partial charge < -0.3 is 9.73 Å². The van der Waals surface area contributed by atoms with Crippen LogP contribution in [0.3, 0.4) is 0 Å². The number of aryl methyl sites for hydroxylation is 1. The molecule has 138 valence electrons. The summed E-state index contributed by atoms with van der Waals surface area (Å²) in [5.74, 6) is -0.0833. The standard InChI is InChI=1S/C16H24N4O4S/c1-5-6-11-20-13(9-10-17-20)18-15(21)12-7-8-14(24-12)25(22,23)19-16(2,3)4/h7-10,19H,5-6,11H2,1-4H3,(H,18,21). The van der Waals surface area contributed by atoms with E-state index in [4.69, 9.17) is 4.42 Å². The highest BCUT2D eigenvalue weighted by molar-refractivity contribution is 7.89. The van der Waals surface area contributed by atoms with Crippen LogP contribution < -0.4 is 10.0 Å². The number of nitrogens with zero attached hydrogens (tertiary/aromatic N) is 2. The molecule has 25 heavy (non-hydrogen) atoms. The van der Waals surface area contributed by atoms with E-state index in [1.807, 2.05) is 0 Å². The molecule has 0 aliphatic heterocycles. The minimum Gasteiger partial charge on any atom is -0.438 e. The third-order valence-electron chi connectivity index (χ3n) is 3.19. The Bertz CT molecular complexity index is 830. The topological polar surface area (TPSA) is 106 Å². The normalized spacial score (nSPS) is 12.3. The highest BCUT2D eigenvalue weighted by Gasteiger charge is 2.26. The van der Waals surface area contributed by atoms with Crippen LogP contribution in [0.25, 0.3) is 0 Å². The molecule has 0 saturated carbocycles. The van der Waals surface area contributed by atoms with Crippen LogP contribution >= 0.6 is 0 Å². The molecule has 0 aromatic carbocycles. The number of anilines is 1. The maximum atomic E-state index is 12.3. The van der Waals surface area contributed by atoms with Crippen molar-refractivity contribution in [2.75, 3.05) is 5.32 Å². The summed E-state index contributed by atoms with van der Waals surface area (Å²) in [5, 5.41) is 6.53. The summed E-state index contributed by atoms with van der Waals surface area (Å²) in [6, 6.07) is 4.27. The molecule has 0 saturated heterocycles. The summed E-state index contributed by atoms with van der Waals surface area (Å²) < 4.78 is 33.8. The van der Waals surface area contributed by atoms with Crippen LogP contribution in [0.4, 0.5) is 5.82 Å². The van der Waals surface area contributed by atoms with Crippen molar-refractivity contribution in [1.29, 1.82) is 0 Å². The molecular formula is C16H24N4O4S. The summed E-state index contributed by atoms with van der Waals surface area (Å²) in [5.41, 5.74) is -0.653. The Morgan fingerprint density at radius 2 is 2.00 bits per heavy atom. The number of hydrogen-bond donors (Lipinski definition) is 2. The van der Waals surface area contributed by atoms with Gasteiger partial charge in [0.15, 0.2) is 5.76 Å². The van der Waals surface area contributed by atoms with Gasteiger partial charge >= 0.3 is 0 Å². The van der Waals surface area contributed by atoms with Gasteiger partial charge in [-0.05, 0) is 39.3 Å². The number of nitrogens with one attached hydrogen (secondary N) is 2. The molecule has 2 aromatic heterocycles. The Balaban J connectivity index is 2.12. The number of hydrogen-bond acceptors (Lipinski definition) is 5. The summed E-state index contributed by atoms with van der Waals surface area (Å²) in [6.45, 7) is 7.92. The van der Waals surface area contributed by atoms with E-state index in [-0.39, 0.29) is 10.9 Å². The molecule has 0 fully saturated rings. The van der Waals surface area contributed by atoms with Gasteiger partial charge in [0.2, 0.25) is 5.09 Å². The molecule has 8 nitrogen and oxygen atoms in total. The fourth-order valence-corrected chi connectivity index (χ4v) is 3.50. The summed E-state index contributed by atoms with van der Waals surface area (Å²) in [7, 11) is -3.83. The second-order valence-corrected chi connectivity index (χ2v) is 8.33. The van der Waals surface area contributed by atoms with Crippen LogP contribution in [0.5, 0.6) is 0 Å². The third kappa shape index (κ3) is 5.17. The summed E-state index contributed by atoms with van der Waals surface area (Å²) in [4.78, 5) is 12.3. The number of rotatable bonds is 7. The monoisotopic (exact) mass is 368 g/mol. The lowest BCUT2D eigenvalue weighted by Crippen LogP contribution is -2.40. The Hall–Kier alpha value is -2.13. The van der Waals surface area contributed by atoms with Crippen molar-refractivity contribution in [1.82, 2.24) is 14.5 Å². The van der Waals surface area contributed by atoms with E-state index in [1.165, 1.54) is 12.1 Å². The van der Waals surface area contributed by atoms with Crippen LogP contribution in [0.15, 0.2) is 33.9 Å². The quantitative estimate of drug-likeness (QED) is 0.781. The average Bonchev–Trinajstić information content (AvgIpc) is 3.12. The molecule has 2 rings (SSSR count). The van der Waals surface area contributed by atoms with Crippen LogP contribution in [0.1, 0.15) is 51.1 Å². The largest absolute Gasteiger partial charge is 0.438 e. The van der Waals surface area contributed by atoms with E-state index < -0.39 is 21.5 Å². The first-order valence-corrected chi connectivity index (χ1v) is 9.57. The number of unbranched alkanes of at least 4 members (excludes halogenated alkanes) is 1. The van der Waals surface area contributed by atoms with Gasteiger partial charge in [-0.25, -0.2) is 17.8 Å². The van der Waals surface area contributed by atoms with Gasteiger partial charge in [0.25, 0.3) is 15.9 Å². The lowest BCUT2D eigenvalue weighted by molar-refractivity contribution is 0.0990. The zero-order valence-corrected chi connectivity index (χ0v) is 15.7. The fraction of sp³-hybridized carbons (Fsp3) is 0.500. The highest BCUT2D eigenvalue weighted by atomic mass is 32.2. The molecule has 2 N–H and O–H groups in total. The van der Waals surface area contributed by atoms with E-state index in [0.29, 0.717) is 12.4 Å². The Morgan fingerprint density at radius 1 is 1.28 bits per heavy atom. The molecule has 0 aliphatic carbocycles. The Labute approximate surface area is 147 Å². The maximum absolute atomic E-state index is 12.3. The molecule has 0 unspecified atom stereocenters. The summed E-state index contributed by atoms with van der Waals surface area (Å²) in [6.07, 6.45) is 3.54. The van der Waals surface area contributed by atoms with Gasteiger partial charge in [-0.2, -0.15) is 5.10 Å². The highest BCUT2D eigenvalue weighted by Crippen LogP contribution is 2.18. The Morgan fingerprint density at radius 3 is 2.64 bits per heavy atom. The van der Waals surface area contributed by atoms with Gasteiger partial charge in [-0.1, -0.05) is 13.3 Å². The number of sulfonamides is 1. The van der Waals surface area contributed by atoms with E-state index in [1.54, 1.807) is 37.7 Å². The van der Waals surface area contributed by atoms with E-state index in [0.717, 1.165) is 12.8 Å². The lowest BCUT2D eigenvalue weighted by atomic mass is 10.1. The molecule has 9 heteroatoms. The van der Waals surface area contributed by atoms with E-state index in [2.05, 4.69) is 22.1 Å². The SMILES string of the molecule is CCCCn1nccc1NC(=O)c1ccc(S(=O)(=O)NC(C)(C)C)o1. The second kappa shape index (κ2) is 7.40. The van der Waals surface area contributed by atoms with E-state index >= 15 is 0 Å². The minimum atomic E-state index is -3.83. The number of carbonyl (C=O) groups excluding carboxylic acids is 1. The van der Waals surface area contributed by atoms with E-state index in [9.17, 15) is 13.2 Å². The van der Waals surface area contributed by atoms with Crippen molar-refractivity contribution in [2.45, 2.75) is 57.7 Å². The van der Waals surface area contributed by atoms with Crippen molar-refractivity contribution in [2.24, 2.45) is 0 Å². The van der Waals surface area contributed by atoms with Crippen LogP contribution in [-0.4, -0.2) is 29.6 Å². The fourth-order valence-electron chi connectivity index (χ4n) is 2.14. The van der Waals surface area contributed by atoms with Gasteiger partial charge in [-0.3, -0.25) is 4.79 Å². The Kier molecular flexibility index (Phi) is 5.69. The third-order valence-corrected chi connectivity index (χ3v) is 4.82. The van der Waals surface area contributed by atoms with Crippen molar-refractivity contribution >= 4 is 21.7 Å². The molecule has 1 amide bonds. The number of amides is 1. The predicted molar refractivity (Wildman–Crippen MR) is 93.9 cm³/mol. The number of furan rings is 1. The van der Waals surface area contributed by atoms with Gasteiger partial charge in [0.05, 0.1) is 6.20 Å². The summed E-state index contributed by atoms with van der Waals surface area (Å²) >= 11 is 0. The molecule has 0 bridgehead atoms. The number of aromatic nitrogens is 2. The van der Waals surface area contributed by atoms with Crippen molar-refractivity contribution in [3.63, 3.8) is 0 Å². The molecule has 0 aliphatic rings. The zero-order valence-electron chi connectivity index (χ0n) is 14.9. The van der Waals surface area contributed by atoms with Crippen LogP contribution in [0.2, 0.25) is 0 Å². The molecule has 0 spiro atoms. The second-order valence-electron chi connectivity index (χ2n) is 6.72. The van der Waals surface area contributed by atoms with Crippen molar-refractivity contribution in [3.05, 3.63) is 30.2 Å². The number of carbonyl (C=O) groups is 1. The molecular weight excluding hydrogens is 344 g/mol. The van der Waals surface area contributed by atoms with Gasteiger partial charge in [0, 0.05) is 18.2 Å². The first-order valence-electron chi connectivity index (χ1n) is 8.09. The molecule has 0 radical (unpaired) electrons. The van der Waals surface area contributed by atoms with Gasteiger partial charge in [-0.15, -0.1) is 0 Å². The molecule has 2 heterocycles. The van der Waals surface area contributed by atoms with Crippen LogP contribution in [-0.2, 0) is 16.6 Å². The predicted octanol–water partition coefficient (Wildman–Crippen LogP) is 2.61. The average molecular weight is 368 g/mol. The minimum absolute atomic E-state index is 0.0856. The molecule has 0 atom stereocenters. The molecule has 2 aromatic rings. The van der Waals surface area contributed by atoms with Crippen molar-refractivity contribution < 1.29 is 17.6 Å².